The molecule has 0 N–H and O–H groups in total. The number of benzene rings is 1. The minimum atomic E-state index is -0.547. The van der Waals surface area contributed by atoms with Crippen LogP contribution in [0, 0.1) is 5.82 Å². The minimum absolute atomic E-state index is 0.0953. The first-order chi connectivity index (χ1) is 12.6. The van der Waals surface area contributed by atoms with Gasteiger partial charge in [0.05, 0.1) is 22.2 Å². The van der Waals surface area contributed by atoms with Crippen LogP contribution < -0.4 is 4.90 Å². The number of hydrogen-bond acceptors (Lipinski definition) is 5. The average molecular weight is 439 g/mol. The van der Waals surface area contributed by atoms with Crippen LogP contribution in [0.25, 0.3) is 11.0 Å². The third-order valence-corrected chi connectivity index (χ3v) is 5.24. The lowest BCUT2D eigenvalue weighted by Gasteiger charge is -2.45. The minimum Gasteiger partial charge on any atom is -0.444 e. The Kier molecular flexibility index (Phi) is 5.29. The van der Waals surface area contributed by atoms with Gasteiger partial charge < -0.3 is 9.64 Å². The molecule has 1 amide bonds. The number of amides is 1. The molecule has 1 aliphatic heterocycles. The van der Waals surface area contributed by atoms with Crippen LogP contribution in [-0.4, -0.2) is 51.7 Å². The van der Waals surface area contributed by atoms with E-state index in [-0.39, 0.29) is 24.0 Å². The second kappa shape index (κ2) is 7.22. The van der Waals surface area contributed by atoms with E-state index in [9.17, 15) is 9.18 Å². The summed E-state index contributed by atoms with van der Waals surface area (Å²) in [6.07, 6.45) is 2.82. The molecule has 1 aromatic heterocycles. The number of hydrogen-bond donors (Lipinski definition) is 0. The fourth-order valence-electron chi connectivity index (χ4n) is 3.49. The lowest BCUT2D eigenvalue weighted by atomic mass is 10.1. The highest BCUT2D eigenvalue weighted by atomic mass is 79.9. The molecule has 2 aromatic rings. The van der Waals surface area contributed by atoms with Crippen molar-refractivity contribution in [3.63, 3.8) is 0 Å². The molecular weight excluding hydrogens is 415 g/mol. The lowest BCUT2D eigenvalue weighted by Crippen LogP contribution is -2.59. The van der Waals surface area contributed by atoms with E-state index in [0.29, 0.717) is 34.3 Å². The van der Waals surface area contributed by atoms with Crippen LogP contribution in [-0.2, 0) is 4.74 Å². The van der Waals surface area contributed by atoms with Gasteiger partial charge in [-0.3, -0.25) is 14.9 Å². The molecule has 6 nitrogen and oxygen atoms in total. The normalized spacial score (nSPS) is 20.9. The van der Waals surface area contributed by atoms with Gasteiger partial charge in [-0.15, -0.1) is 0 Å². The number of ether oxygens (including phenoxy) is 1. The Morgan fingerprint density at radius 1 is 1.19 bits per heavy atom. The van der Waals surface area contributed by atoms with E-state index in [4.69, 9.17) is 4.74 Å². The first kappa shape index (κ1) is 19.8. The van der Waals surface area contributed by atoms with Gasteiger partial charge in [0.2, 0.25) is 0 Å². The molecule has 0 aliphatic carbocycles. The van der Waals surface area contributed by atoms with Gasteiger partial charge in [0, 0.05) is 31.5 Å². The molecule has 0 radical (unpaired) electrons. The topological polar surface area (TPSA) is 58.6 Å². The second-order valence-corrected chi connectivity index (χ2v) is 8.73. The van der Waals surface area contributed by atoms with Crippen LogP contribution in [0.3, 0.4) is 0 Å². The average Bonchev–Trinajstić information content (AvgIpc) is 2.56. The highest BCUT2D eigenvalue weighted by molar-refractivity contribution is 9.10. The SMILES string of the molecule is CC1CN(c2cc(F)c(Br)c3nccnc23)CC(C)N1C(=O)OC(C)(C)C. The first-order valence-electron chi connectivity index (χ1n) is 8.93. The van der Waals surface area contributed by atoms with Gasteiger partial charge in [0.1, 0.15) is 22.5 Å². The van der Waals surface area contributed by atoms with E-state index >= 15 is 0 Å². The number of anilines is 1. The molecule has 8 heteroatoms. The number of aromatic nitrogens is 2. The Morgan fingerprint density at radius 2 is 1.74 bits per heavy atom. The van der Waals surface area contributed by atoms with Crippen molar-refractivity contribution in [2.45, 2.75) is 52.3 Å². The molecule has 0 bridgehead atoms. The van der Waals surface area contributed by atoms with Crippen molar-refractivity contribution in [2.24, 2.45) is 0 Å². The van der Waals surface area contributed by atoms with Crippen molar-refractivity contribution in [3.8, 4) is 0 Å². The van der Waals surface area contributed by atoms with Crippen LogP contribution >= 0.6 is 15.9 Å². The van der Waals surface area contributed by atoms with E-state index in [1.807, 2.05) is 34.6 Å². The van der Waals surface area contributed by atoms with E-state index in [0.717, 1.165) is 0 Å². The van der Waals surface area contributed by atoms with Crippen LogP contribution in [0.15, 0.2) is 22.9 Å². The highest BCUT2D eigenvalue weighted by Crippen LogP contribution is 2.34. The number of halogens is 2. The van der Waals surface area contributed by atoms with Gasteiger partial charge in [-0.05, 0) is 50.5 Å². The van der Waals surface area contributed by atoms with Crippen molar-refractivity contribution >= 4 is 38.7 Å². The zero-order valence-corrected chi connectivity index (χ0v) is 17.7. The van der Waals surface area contributed by atoms with Gasteiger partial charge >= 0.3 is 6.09 Å². The molecule has 146 valence electrons. The van der Waals surface area contributed by atoms with Crippen LogP contribution in [0.4, 0.5) is 14.9 Å². The summed E-state index contributed by atoms with van der Waals surface area (Å²) in [5.74, 6) is -0.382. The number of rotatable bonds is 1. The molecule has 2 atom stereocenters. The molecule has 0 spiro atoms. The van der Waals surface area contributed by atoms with E-state index in [1.165, 1.54) is 6.07 Å². The summed E-state index contributed by atoms with van der Waals surface area (Å²) in [5.41, 5.74) is 1.26. The van der Waals surface area contributed by atoms with E-state index < -0.39 is 5.60 Å². The van der Waals surface area contributed by atoms with Crippen molar-refractivity contribution in [3.05, 3.63) is 28.7 Å². The van der Waals surface area contributed by atoms with Gasteiger partial charge in [-0.25, -0.2) is 9.18 Å². The highest BCUT2D eigenvalue weighted by Gasteiger charge is 2.36. The Balaban J connectivity index is 1.91. The number of nitrogens with zero attached hydrogens (tertiary/aromatic N) is 4. The third-order valence-electron chi connectivity index (χ3n) is 4.49. The van der Waals surface area contributed by atoms with Gasteiger partial charge in [0.15, 0.2) is 0 Å². The fraction of sp³-hybridized carbons (Fsp3) is 0.526. The molecule has 27 heavy (non-hydrogen) atoms. The van der Waals surface area contributed by atoms with E-state index in [2.05, 4.69) is 30.8 Å². The number of piperazine rings is 1. The summed E-state index contributed by atoms with van der Waals surface area (Å²) >= 11 is 3.25. The van der Waals surface area contributed by atoms with Crippen molar-refractivity contribution < 1.29 is 13.9 Å². The number of carbonyl (C=O) groups is 1. The first-order valence-corrected chi connectivity index (χ1v) is 9.72. The maximum atomic E-state index is 14.4. The standard InChI is InChI=1S/C19H24BrFN4O2/c1-11-9-24(10-12(2)25(11)18(26)27-19(3,4)5)14-8-13(21)15(20)17-16(14)22-6-7-23-17/h6-8,11-12H,9-10H2,1-5H3. The molecule has 1 fully saturated rings. The van der Waals surface area contributed by atoms with Crippen LogP contribution in [0.5, 0.6) is 0 Å². The zero-order valence-electron chi connectivity index (χ0n) is 16.2. The van der Waals surface area contributed by atoms with Crippen LogP contribution in [0.2, 0.25) is 0 Å². The molecule has 1 saturated heterocycles. The molecule has 3 rings (SSSR count). The Morgan fingerprint density at radius 3 is 2.30 bits per heavy atom. The van der Waals surface area contributed by atoms with Crippen molar-refractivity contribution in [2.75, 3.05) is 18.0 Å². The zero-order chi connectivity index (χ0) is 19.9. The molecule has 2 unspecified atom stereocenters. The predicted octanol–water partition coefficient (Wildman–Crippen LogP) is 4.37. The van der Waals surface area contributed by atoms with Crippen molar-refractivity contribution in [1.29, 1.82) is 0 Å². The monoisotopic (exact) mass is 438 g/mol. The van der Waals surface area contributed by atoms with E-state index in [1.54, 1.807) is 17.3 Å². The largest absolute Gasteiger partial charge is 0.444 e. The smallest absolute Gasteiger partial charge is 0.410 e. The number of carbonyl (C=O) groups excluding carboxylic acids is 1. The van der Waals surface area contributed by atoms with Gasteiger partial charge in [-0.1, -0.05) is 0 Å². The molecule has 2 heterocycles. The summed E-state index contributed by atoms with van der Waals surface area (Å²) in [5, 5.41) is 0. The maximum absolute atomic E-state index is 14.4. The van der Waals surface area contributed by atoms with Crippen LogP contribution in [0.1, 0.15) is 34.6 Å². The Labute approximate surface area is 166 Å². The summed E-state index contributed by atoms with van der Waals surface area (Å²) < 4.78 is 20.3. The Bertz CT molecular complexity index is 859. The van der Waals surface area contributed by atoms with Gasteiger partial charge in [-0.2, -0.15) is 0 Å². The molecule has 1 aliphatic rings. The second-order valence-electron chi connectivity index (χ2n) is 7.94. The summed E-state index contributed by atoms with van der Waals surface area (Å²) in [4.78, 5) is 25.1. The Hall–Kier alpha value is -1.96. The lowest BCUT2D eigenvalue weighted by molar-refractivity contribution is 0.00567. The third kappa shape index (κ3) is 4.00. The molecule has 1 aromatic carbocycles. The van der Waals surface area contributed by atoms with Gasteiger partial charge in [0.25, 0.3) is 0 Å². The fourth-order valence-corrected chi connectivity index (χ4v) is 3.89. The summed E-state index contributed by atoms with van der Waals surface area (Å²) in [7, 11) is 0. The maximum Gasteiger partial charge on any atom is 0.410 e. The summed E-state index contributed by atoms with van der Waals surface area (Å²) in [6, 6.07) is 1.29. The summed E-state index contributed by atoms with van der Waals surface area (Å²) in [6.45, 7) is 10.6. The molecular formula is C19H24BrFN4O2. The number of fused-ring (bicyclic) bond motifs is 1. The predicted molar refractivity (Wildman–Crippen MR) is 106 cm³/mol. The van der Waals surface area contributed by atoms with Crippen molar-refractivity contribution in [1.82, 2.24) is 14.9 Å². The molecule has 0 saturated carbocycles. The quantitative estimate of drug-likeness (QED) is 0.661.